The van der Waals surface area contributed by atoms with Gasteiger partial charge in [-0.25, -0.2) is 0 Å². The number of halogens is 3. The SMILES string of the molecule is CO[C@@H]1COCCC1N[C@@H]1CC[C@@](C(=O)N2CCc3ncc(C(F)(F)F)cc3C2)(C(C)C)C1.O=C(O)CCC(=O)O. The number of rotatable bonds is 8. The first-order valence-electron chi connectivity index (χ1n) is 13.9. The summed E-state index contributed by atoms with van der Waals surface area (Å²) in [6.07, 6.45) is -0.412. The predicted molar refractivity (Wildman–Crippen MR) is 141 cm³/mol. The molecule has 1 saturated carbocycles. The zero-order chi connectivity index (χ0) is 30.4. The van der Waals surface area contributed by atoms with Gasteiger partial charge in [-0.2, -0.15) is 13.2 Å². The highest BCUT2D eigenvalue weighted by Crippen LogP contribution is 2.47. The van der Waals surface area contributed by atoms with E-state index in [1.807, 2.05) is 0 Å². The second-order valence-corrected chi connectivity index (χ2v) is 11.3. The molecule has 0 bridgehead atoms. The molecule has 0 aromatic carbocycles. The van der Waals surface area contributed by atoms with Crippen LogP contribution in [0.15, 0.2) is 12.3 Å². The minimum Gasteiger partial charge on any atom is -0.481 e. The summed E-state index contributed by atoms with van der Waals surface area (Å²) in [6, 6.07) is 1.55. The summed E-state index contributed by atoms with van der Waals surface area (Å²) in [5, 5.41) is 19.5. The number of fused-ring (bicyclic) bond motifs is 1. The Balaban J connectivity index is 0.000000507. The molecule has 41 heavy (non-hydrogen) atoms. The molecule has 2 fully saturated rings. The molecule has 1 unspecified atom stereocenters. The lowest BCUT2D eigenvalue weighted by Gasteiger charge is -2.40. The van der Waals surface area contributed by atoms with Crippen LogP contribution in [0.1, 0.15) is 69.2 Å². The van der Waals surface area contributed by atoms with Crippen LogP contribution >= 0.6 is 0 Å². The van der Waals surface area contributed by atoms with Gasteiger partial charge >= 0.3 is 18.1 Å². The number of aliphatic carboxylic acids is 2. The summed E-state index contributed by atoms with van der Waals surface area (Å²) in [5.74, 6) is -1.97. The van der Waals surface area contributed by atoms with E-state index in [4.69, 9.17) is 19.7 Å². The summed E-state index contributed by atoms with van der Waals surface area (Å²) in [4.78, 5) is 38.9. The third kappa shape index (κ3) is 8.39. The fourth-order valence-electron chi connectivity index (χ4n) is 5.90. The molecule has 1 aromatic rings. The lowest BCUT2D eigenvalue weighted by molar-refractivity contribution is -0.146. The molecule has 0 spiro atoms. The van der Waals surface area contributed by atoms with Crippen LogP contribution in [0.5, 0.6) is 0 Å². The molecule has 1 aromatic heterocycles. The molecule has 3 aliphatic rings. The van der Waals surface area contributed by atoms with Crippen LogP contribution in [0, 0.1) is 11.3 Å². The first kappa shape index (κ1) is 32.7. The molecule has 1 saturated heterocycles. The fraction of sp³-hybridized carbons (Fsp3) is 0.714. The summed E-state index contributed by atoms with van der Waals surface area (Å²) < 4.78 is 50.6. The molecule has 4 rings (SSSR count). The zero-order valence-electron chi connectivity index (χ0n) is 23.7. The van der Waals surface area contributed by atoms with Crippen LogP contribution in [0.4, 0.5) is 13.2 Å². The molecular formula is C28H40F3N3O7. The third-order valence-corrected chi connectivity index (χ3v) is 8.34. The number of hydrogen-bond acceptors (Lipinski definition) is 7. The quantitative estimate of drug-likeness (QED) is 0.417. The number of aromatic nitrogens is 1. The van der Waals surface area contributed by atoms with Crippen molar-refractivity contribution in [3.8, 4) is 0 Å². The van der Waals surface area contributed by atoms with E-state index in [0.717, 1.165) is 37.9 Å². The van der Waals surface area contributed by atoms with Crippen molar-refractivity contribution in [3.63, 3.8) is 0 Å². The molecular weight excluding hydrogens is 547 g/mol. The molecule has 4 atom stereocenters. The number of alkyl halides is 3. The van der Waals surface area contributed by atoms with E-state index in [2.05, 4.69) is 24.1 Å². The van der Waals surface area contributed by atoms with Crippen molar-refractivity contribution in [2.24, 2.45) is 11.3 Å². The molecule has 230 valence electrons. The average Bonchev–Trinajstić information content (AvgIpc) is 3.36. The highest BCUT2D eigenvalue weighted by atomic mass is 19.4. The van der Waals surface area contributed by atoms with Crippen LogP contribution < -0.4 is 5.32 Å². The molecule has 3 heterocycles. The Morgan fingerprint density at radius 2 is 1.90 bits per heavy atom. The average molecular weight is 588 g/mol. The number of carbonyl (C=O) groups excluding carboxylic acids is 1. The lowest BCUT2D eigenvalue weighted by Crippen LogP contribution is -2.52. The van der Waals surface area contributed by atoms with Crippen LogP contribution in [-0.4, -0.2) is 83.0 Å². The van der Waals surface area contributed by atoms with Crippen LogP contribution in [0.3, 0.4) is 0 Å². The van der Waals surface area contributed by atoms with Crippen LogP contribution in [0.2, 0.25) is 0 Å². The number of nitrogens with zero attached hydrogens (tertiary/aromatic N) is 2. The van der Waals surface area contributed by atoms with Gasteiger partial charge in [0.05, 0.1) is 36.5 Å². The Kier molecular flexibility index (Phi) is 11.1. The number of ether oxygens (including phenoxy) is 2. The van der Waals surface area contributed by atoms with Gasteiger partial charge in [0, 0.05) is 57.2 Å². The Hall–Kier alpha value is -2.77. The fourth-order valence-corrected chi connectivity index (χ4v) is 5.90. The van der Waals surface area contributed by atoms with Gasteiger partial charge in [-0.1, -0.05) is 13.8 Å². The molecule has 10 nitrogen and oxygen atoms in total. The van der Waals surface area contributed by atoms with Gasteiger partial charge < -0.3 is 29.9 Å². The number of hydrogen-bond donors (Lipinski definition) is 3. The number of amides is 1. The van der Waals surface area contributed by atoms with Crippen LogP contribution in [-0.2, 0) is 43.0 Å². The molecule has 2 aliphatic heterocycles. The number of carbonyl (C=O) groups is 3. The summed E-state index contributed by atoms with van der Waals surface area (Å²) >= 11 is 0. The number of pyridine rings is 1. The minimum atomic E-state index is -4.44. The second kappa shape index (κ2) is 13.9. The van der Waals surface area contributed by atoms with Gasteiger partial charge in [-0.05, 0) is 43.2 Å². The van der Waals surface area contributed by atoms with Crippen molar-refractivity contribution in [2.75, 3.05) is 26.9 Å². The van der Waals surface area contributed by atoms with Gasteiger partial charge in [0.2, 0.25) is 5.91 Å². The van der Waals surface area contributed by atoms with Crippen molar-refractivity contribution in [1.29, 1.82) is 0 Å². The topological polar surface area (TPSA) is 138 Å². The molecule has 1 amide bonds. The van der Waals surface area contributed by atoms with Crippen molar-refractivity contribution in [1.82, 2.24) is 15.2 Å². The van der Waals surface area contributed by atoms with E-state index >= 15 is 0 Å². The normalized spacial score (nSPS) is 26.2. The summed E-state index contributed by atoms with van der Waals surface area (Å²) in [5.41, 5.74) is -0.121. The van der Waals surface area contributed by atoms with Gasteiger partial charge in [-0.15, -0.1) is 0 Å². The highest BCUT2D eigenvalue weighted by molar-refractivity contribution is 5.84. The smallest absolute Gasteiger partial charge is 0.417 e. The maximum absolute atomic E-state index is 13.8. The molecule has 13 heteroatoms. The van der Waals surface area contributed by atoms with Gasteiger partial charge in [-0.3, -0.25) is 19.4 Å². The summed E-state index contributed by atoms with van der Waals surface area (Å²) in [6.45, 7) is 6.09. The monoisotopic (exact) mass is 587 g/mol. The third-order valence-electron chi connectivity index (χ3n) is 8.34. The maximum atomic E-state index is 13.8. The Labute approximate surface area is 237 Å². The van der Waals surface area contributed by atoms with Crippen LogP contribution in [0.25, 0.3) is 0 Å². The Bertz CT molecular complexity index is 1070. The molecule has 3 N–H and O–H groups in total. The first-order valence-corrected chi connectivity index (χ1v) is 13.9. The maximum Gasteiger partial charge on any atom is 0.417 e. The molecule has 1 aliphatic carbocycles. The Morgan fingerprint density at radius 3 is 2.49 bits per heavy atom. The van der Waals surface area contributed by atoms with Crippen molar-refractivity contribution in [3.05, 3.63) is 29.1 Å². The number of carboxylic acid groups (broad SMARTS) is 2. The minimum absolute atomic E-state index is 0.00238. The largest absolute Gasteiger partial charge is 0.481 e. The predicted octanol–water partition coefficient (Wildman–Crippen LogP) is 3.51. The van der Waals surface area contributed by atoms with Crippen molar-refractivity contribution in [2.45, 2.75) is 89.7 Å². The van der Waals surface area contributed by atoms with Crippen molar-refractivity contribution < 1.29 is 47.2 Å². The van der Waals surface area contributed by atoms with Gasteiger partial charge in [0.15, 0.2) is 0 Å². The van der Waals surface area contributed by atoms with Crippen molar-refractivity contribution >= 4 is 17.8 Å². The zero-order valence-corrected chi connectivity index (χ0v) is 23.7. The number of methoxy groups -OCH3 is 1. The van der Waals surface area contributed by atoms with E-state index < -0.39 is 29.1 Å². The first-order chi connectivity index (χ1) is 19.3. The lowest BCUT2D eigenvalue weighted by atomic mass is 9.74. The van der Waals surface area contributed by atoms with E-state index in [9.17, 15) is 27.6 Å². The summed E-state index contributed by atoms with van der Waals surface area (Å²) in [7, 11) is 1.69. The second-order valence-electron chi connectivity index (χ2n) is 11.3. The van der Waals surface area contributed by atoms with E-state index in [1.165, 1.54) is 0 Å². The molecule has 0 radical (unpaired) electrons. The standard InChI is InChI=1S/C24H34F3N3O3.C4H6O4/c1-15(2)23(7-4-18(11-23)29-20-6-9-33-14-21(20)32-3)22(31)30-8-5-19-16(13-30)10-17(12-28-19)24(25,26)27;5-3(6)1-2-4(7)8/h10,12,15,18,20-21,29H,4-9,11,13-14H2,1-3H3;1-2H2,(H,5,6)(H,7,8)/t18-,20?,21-,23+;/m1./s1. The Morgan fingerprint density at radius 1 is 1.22 bits per heavy atom. The van der Waals surface area contributed by atoms with Gasteiger partial charge in [0.1, 0.15) is 0 Å². The van der Waals surface area contributed by atoms with Gasteiger partial charge in [0.25, 0.3) is 0 Å². The number of nitrogens with one attached hydrogen (secondary N) is 1. The number of carboxylic acids is 2. The highest BCUT2D eigenvalue weighted by Gasteiger charge is 2.50. The van der Waals surface area contributed by atoms with E-state index in [1.54, 1.807) is 12.0 Å². The van der Waals surface area contributed by atoms with E-state index in [0.29, 0.717) is 37.4 Å². The van der Waals surface area contributed by atoms with E-state index in [-0.39, 0.29) is 49.4 Å².